The molecule has 0 bridgehead atoms. The second-order valence-electron chi connectivity index (χ2n) is 5.02. The third-order valence-electron chi connectivity index (χ3n) is 3.03. The molecule has 0 atom stereocenters. The van der Waals surface area contributed by atoms with Gasteiger partial charge in [-0.1, -0.05) is 17.7 Å². The van der Waals surface area contributed by atoms with Crippen LogP contribution >= 0.6 is 11.6 Å². The highest BCUT2D eigenvalue weighted by molar-refractivity contribution is 6.23. The fourth-order valence-corrected chi connectivity index (χ4v) is 1.82. The predicted octanol–water partition coefficient (Wildman–Crippen LogP) is 5.12. The van der Waals surface area contributed by atoms with Crippen molar-refractivity contribution in [2.75, 3.05) is 6.61 Å². The molecule has 0 heterocycles. The van der Waals surface area contributed by atoms with Crippen LogP contribution in [0.4, 0.5) is 32.0 Å². The van der Waals surface area contributed by atoms with Crippen LogP contribution in [0.1, 0.15) is 18.9 Å². The van der Waals surface area contributed by atoms with Gasteiger partial charge in [0.25, 0.3) is 0 Å². The molecular weight excluding hydrogens is 376 g/mol. The number of nitrogens with zero attached hydrogens (tertiary/aromatic N) is 1. The van der Waals surface area contributed by atoms with Gasteiger partial charge in [0.2, 0.25) is 0 Å². The summed E-state index contributed by atoms with van der Waals surface area (Å²) in [6.45, 7) is 2.81. The van der Waals surface area contributed by atoms with Gasteiger partial charge in [0, 0.05) is 0 Å². The number of hydrogen-bond donors (Lipinski definition) is 0. The normalized spacial score (nSPS) is 13.7. The summed E-state index contributed by atoms with van der Waals surface area (Å²) >= 11 is 4.14. The van der Waals surface area contributed by atoms with E-state index in [4.69, 9.17) is 0 Å². The Hall–Kier alpha value is -1.77. The second-order valence-corrected chi connectivity index (χ2v) is 5.50. The quantitative estimate of drug-likeness (QED) is 0.281. The van der Waals surface area contributed by atoms with E-state index < -0.39 is 35.3 Å². The number of rotatable bonds is 7. The standard InChI is InChI=1S/C15H14ClF6NO2/c1-3-25-12(24)8-11(23-10-6-4-9(2)5-7-10)13(17,18)14(19,20)15(16,21)22/h4-7H,3,8H2,1-2H3. The van der Waals surface area contributed by atoms with Gasteiger partial charge in [-0.3, -0.25) is 9.79 Å². The second kappa shape index (κ2) is 7.63. The van der Waals surface area contributed by atoms with E-state index in [0.29, 0.717) is 0 Å². The maximum Gasteiger partial charge on any atom is 0.392 e. The van der Waals surface area contributed by atoms with E-state index >= 15 is 0 Å². The molecule has 0 saturated carbocycles. The van der Waals surface area contributed by atoms with Crippen LogP contribution in [-0.2, 0) is 9.53 Å². The van der Waals surface area contributed by atoms with Crippen molar-refractivity contribution >= 4 is 29.0 Å². The maximum atomic E-state index is 14.1. The number of ether oxygens (including phenoxy) is 1. The van der Waals surface area contributed by atoms with Gasteiger partial charge in [0.05, 0.1) is 18.7 Å². The van der Waals surface area contributed by atoms with Crippen LogP contribution in [0, 0.1) is 6.92 Å². The number of carbonyl (C=O) groups excluding carboxylic acids is 1. The summed E-state index contributed by atoms with van der Waals surface area (Å²) in [5.41, 5.74) is -1.28. The highest BCUT2D eigenvalue weighted by Gasteiger charge is 2.73. The average Bonchev–Trinajstić information content (AvgIpc) is 2.47. The maximum absolute atomic E-state index is 14.1. The molecule has 1 rings (SSSR count). The number of carbonyl (C=O) groups is 1. The van der Waals surface area contributed by atoms with Gasteiger partial charge in [-0.15, -0.1) is 0 Å². The molecule has 0 aromatic heterocycles. The fraction of sp³-hybridized carbons (Fsp3) is 0.467. The summed E-state index contributed by atoms with van der Waals surface area (Å²) in [5, 5.41) is -5.56. The first kappa shape index (κ1) is 21.3. The Labute approximate surface area is 144 Å². The van der Waals surface area contributed by atoms with E-state index in [1.165, 1.54) is 31.2 Å². The molecular formula is C15H14ClF6NO2. The Morgan fingerprint density at radius 2 is 1.64 bits per heavy atom. The van der Waals surface area contributed by atoms with Crippen molar-refractivity contribution in [1.29, 1.82) is 0 Å². The predicted molar refractivity (Wildman–Crippen MR) is 80.2 cm³/mol. The van der Waals surface area contributed by atoms with Crippen molar-refractivity contribution in [2.24, 2.45) is 4.99 Å². The number of esters is 1. The fourth-order valence-electron chi connectivity index (χ4n) is 1.70. The van der Waals surface area contributed by atoms with E-state index in [1.54, 1.807) is 6.92 Å². The molecule has 0 saturated heterocycles. The number of aliphatic imine (C=N–C) groups is 1. The Kier molecular flexibility index (Phi) is 6.50. The molecule has 0 aliphatic carbocycles. The van der Waals surface area contributed by atoms with Crippen LogP contribution in [0.2, 0.25) is 0 Å². The molecule has 0 aliphatic rings. The number of hydrogen-bond acceptors (Lipinski definition) is 3. The molecule has 0 unspecified atom stereocenters. The molecule has 1 aromatic carbocycles. The van der Waals surface area contributed by atoms with Crippen molar-refractivity contribution in [1.82, 2.24) is 0 Å². The van der Waals surface area contributed by atoms with Gasteiger partial charge < -0.3 is 4.74 Å². The summed E-state index contributed by atoms with van der Waals surface area (Å²) in [5.74, 6) is -12.8. The van der Waals surface area contributed by atoms with Gasteiger partial charge in [0.15, 0.2) is 0 Å². The largest absolute Gasteiger partial charge is 0.466 e. The first-order valence-electron chi connectivity index (χ1n) is 6.95. The van der Waals surface area contributed by atoms with Gasteiger partial charge in [-0.2, -0.15) is 26.3 Å². The smallest absolute Gasteiger partial charge is 0.392 e. The average molecular weight is 390 g/mol. The summed E-state index contributed by atoms with van der Waals surface area (Å²) in [4.78, 5) is 14.7. The van der Waals surface area contributed by atoms with Crippen LogP contribution < -0.4 is 0 Å². The first-order valence-corrected chi connectivity index (χ1v) is 7.33. The van der Waals surface area contributed by atoms with E-state index in [2.05, 4.69) is 21.3 Å². The van der Waals surface area contributed by atoms with E-state index in [1.807, 2.05) is 0 Å². The van der Waals surface area contributed by atoms with Crippen molar-refractivity contribution < 1.29 is 35.9 Å². The molecule has 0 amide bonds. The lowest BCUT2D eigenvalue weighted by Gasteiger charge is -2.30. The highest BCUT2D eigenvalue weighted by Crippen LogP contribution is 2.49. The zero-order valence-corrected chi connectivity index (χ0v) is 13.9. The minimum Gasteiger partial charge on any atom is -0.466 e. The van der Waals surface area contributed by atoms with Crippen LogP contribution in [0.25, 0.3) is 0 Å². The molecule has 1 aromatic rings. The van der Waals surface area contributed by atoms with Crippen LogP contribution in [0.5, 0.6) is 0 Å². The molecule has 0 N–H and O–H groups in total. The number of halogens is 7. The number of alkyl halides is 7. The summed E-state index contributed by atoms with van der Waals surface area (Å²) in [7, 11) is 0. The van der Waals surface area contributed by atoms with E-state index in [9.17, 15) is 31.1 Å². The van der Waals surface area contributed by atoms with Crippen LogP contribution in [0.3, 0.4) is 0 Å². The van der Waals surface area contributed by atoms with Crippen molar-refractivity contribution in [3.8, 4) is 0 Å². The van der Waals surface area contributed by atoms with Crippen LogP contribution in [-0.4, -0.2) is 35.5 Å². The van der Waals surface area contributed by atoms with Gasteiger partial charge >= 0.3 is 23.2 Å². The molecule has 10 heteroatoms. The van der Waals surface area contributed by atoms with Crippen molar-refractivity contribution in [2.45, 2.75) is 37.5 Å². The lowest BCUT2D eigenvalue weighted by atomic mass is 10.0. The third kappa shape index (κ3) is 4.87. The summed E-state index contributed by atoms with van der Waals surface area (Å²) < 4.78 is 85.1. The molecule has 0 spiro atoms. The molecule has 25 heavy (non-hydrogen) atoms. The minimum atomic E-state index is -5.97. The number of benzene rings is 1. The van der Waals surface area contributed by atoms with Crippen LogP contribution in [0.15, 0.2) is 29.3 Å². The Morgan fingerprint density at radius 1 is 1.12 bits per heavy atom. The Balaban J connectivity index is 3.39. The Bertz CT molecular complexity index is 640. The molecule has 3 nitrogen and oxygen atoms in total. The summed E-state index contributed by atoms with van der Waals surface area (Å²) in [6.07, 6.45) is -1.41. The first-order chi connectivity index (χ1) is 11.3. The summed E-state index contributed by atoms with van der Waals surface area (Å²) in [6, 6.07) is 5.28. The molecule has 0 radical (unpaired) electrons. The molecule has 0 aliphatic heterocycles. The monoisotopic (exact) mass is 389 g/mol. The topological polar surface area (TPSA) is 38.7 Å². The third-order valence-corrected chi connectivity index (χ3v) is 3.27. The van der Waals surface area contributed by atoms with Gasteiger partial charge in [0.1, 0.15) is 5.71 Å². The minimum absolute atomic E-state index is 0.218. The zero-order chi connectivity index (χ0) is 19.5. The highest BCUT2D eigenvalue weighted by atomic mass is 35.5. The zero-order valence-electron chi connectivity index (χ0n) is 13.1. The SMILES string of the molecule is CCOC(=O)CC(=Nc1ccc(C)cc1)C(F)(F)C(F)(F)C(F)(F)Cl. The van der Waals surface area contributed by atoms with Gasteiger partial charge in [-0.25, -0.2) is 0 Å². The molecule has 140 valence electrons. The lowest BCUT2D eigenvalue weighted by Crippen LogP contribution is -2.56. The van der Waals surface area contributed by atoms with Crippen molar-refractivity contribution in [3.63, 3.8) is 0 Å². The van der Waals surface area contributed by atoms with Gasteiger partial charge in [-0.05, 0) is 37.6 Å². The Morgan fingerprint density at radius 3 is 2.08 bits per heavy atom. The number of aryl methyl sites for hydroxylation is 1. The molecule has 0 fully saturated rings. The van der Waals surface area contributed by atoms with Crippen molar-refractivity contribution in [3.05, 3.63) is 29.8 Å². The van der Waals surface area contributed by atoms with E-state index in [0.717, 1.165) is 5.56 Å². The lowest BCUT2D eigenvalue weighted by molar-refractivity contribution is -0.251. The van der Waals surface area contributed by atoms with E-state index in [-0.39, 0.29) is 12.3 Å².